The lowest BCUT2D eigenvalue weighted by Crippen LogP contribution is -2.34. The van der Waals surface area contributed by atoms with Gasteiger partial charge in [0, 0.05) is 30.0 Å². The first kappa shape index (κ1) is 18.3. The number of nitrogens with zero attached hydrogens (tertiary/aromatic N) is 1. The normalized spacial score (nSPS) is 16.5. The molecule has 5 nitrogen and oxygen atoms in total. The molecule has 138 valence electrons. The van der Waals surface area contributed by atoms with E-state index >= 15 is 0 Å². The van der Waals surface area contributed by atoms with Crippen molar-refractivity contribution in [2.75, 3.05) is 31.8 Å². The van der Waals surface area contributed by atoms with Crippen molar-refractivity contribution in [3.05, 3.63) is 53.6 Å². The molecule has 2 amide bonds. The number of urea groups is 1. The molecular weight excluding hydrogens is 362 g/mol. The van der Waals surface area contributed by atoms with Gasteiger partial charge in [0.05, 0.1) is 19.9 Å². The number of methoxy groups -OCH3 is 2. The summed E-state index contributed by atoms with van der Waals surface area (Å²) in [7, 11) is 3.12. The van der Waals surface area contributed by atoms with Gasteiger partial charge in [0.15, 0.2) is 0 Å². The number of amides is 2. The number of hydrogen-bond donors (Lipinski definition) is 1. The molecule has 8 heteroatoms. The predicted molar refractivity (Wildman–Crippen MR) is 96.8 cm³/mol. The van der Waals surface area contributed by atoms with Gasteiger partial charge in [0.1, 0.15) is 28.5 Å². The Kier molecular flexibility index (Phi) is 5.51. The number of benzene rings is 2. The summed E-state index contributed by atoms with van der Waals surface area (Å²) >= 11 is 1.58. The van der Waals surface area contributed by atoms with Crippen LogP contribution in [0.15, 0.2) is 36.4 Å². The highest BCUT2D eigenvalue weighted by molar-refractivity contribution is 7.99. The minimum absolute atomic E-state index is 0.0613. The van der Waals surface area contributed by atoms with E-state index in [1.54, 1.807) is 43.0 Å². The SMILES string of the molecule is COc1ccc(C2SCCN2C(=O)Nc2ccc(F)cc2F)c(OC)c1. The molecule has 2 aromatic carbocycles. The fraction of sp³-hybridized carbons (Fsp3) is 0.278. The number of thioether (sulfide) groups is 1. The molecular formula is C18H18F2N2O3S. The van der Waals surface area contributed by atoms with E-state index in [1.807, 2.05) is 6.07 Å². The molecule has 1 aliphatic heterocycles. The zero-order valence-electron chi connectivity index (χ0n) is 14.3. The Morgan fingerprint density at radius 1 is 1.19 bits per heavy atom. The van der Waals surface area contributed by atoms with Crippen LogP contribution in [0.1, 0.15) is 10.9 Å². The first-order valence-electron chi connectivity index (χ1n) is 7.89. The summed E-state index contributed by atoms with van der Waals surface area (Å²) in [5.74, 6) is 0.480. The fourth-order valence-electron chi connectivity index (χ4n) is 2.74. The van der Waals surface area contributed by atoms with E-state index in [1.165, 1.54) is 6.07 Å². The molecule has 0 saturated carbocycles. The summed E-state index contributed by atoms with van der Waals surface area (Å²) < 4.78 is 37.5. The Bertz CT molecular complexity index is 819. The van der Waals surface area contributed by atoms with Crippen LogP contribution in [-0.4, -0.2) is 37.4 Å². The van der Waals surface area contributed by atoms with Crippen LogP contribution in [0.2, 0.25) is 0 Å². The van der Waals surface area contributed by atoms with Gasteiger partial charge in [-0.05, 0) is 24.3 Å². The Balaban J connectivity index is 1.82. The third-order valence-corrected chi connectivity index (χ3v) is 5.27. The van der Waals surface area contributed by atoms with Crippen molar-refractivity contribution in [3.63, 3.8) is 0 Å². The highest BCUT2D eigenvalue weighted by Crippen LogP contribution is 2.43. The topological polar surface area (TPSA) is 50.8 Å². The molecule has 0 aliphatic carbocycles. The molecule has 2 aromatic rings. The monoisotopic (exact) mass is 380 g/mol. The molecule has 0 spiro atoms. The summed E-state index contributed by atoms with van der Waals surface area (Å²) in [4.78, 5) is 14.2. The van der Waals surface area contributed by atoms with E-state index in [9.17, 15) is 13.6 Å². The van der Waals surface area contributed by atoms with Gasteiger partial charge in [0.2, 0.25) is 0 Å². The Hall–Kier alpha value is -2.48. The highest BCUT2D eigenvalue weighted by atomic mass is 32.2. The third-order valence-electron chi connectivity index (χ3n) is 4.03. The van der Waals surface area contributed by atoms with E-state index in [0.717, 1.165) is 23.4 Å². The second kappa shape index (κ2) is 7.82. The number of anilines is 1. The largest absolute Gasteiger partial charge is 0.497 e. The van der Waals surface area contributed by atoms with E-state index in [2.05, 4.69) is 5.32 Å². The fourth-order valence-corrected chi connectivity index (χ4v) is 4.02. The van der Waals surface area contributed by atoms with Crippen molar-refractivity contribution in [3.8, 4) is 11.5 Å². The number of carbonyl (C=O) groups excluding carboxylic acids is 1. The van der Waals surface area contributed by atoms with Crippen molar-refractivity contribution >= 4 is 23.5 Å². The lowest BCUT2D eigenvalue weighted by Gasteiger charge is -2.26. The van der Waals surface area contributed by atoms with Crippen molar-refractivity contribution in [2.24, 2.45) is 0 Å². The van der Waals surface area contributed by atoms with Crippen molar-refractivity contribution in [1.29, 1.82) is 0 Å². The second-order valence-corrected chi connectivity index (χ2v) is 6.77. The maximum absolute atomic E-state index is 13.8. The standard InChI is InChI=1S/C18H18F2N2O3S/c1-24-12-4-5-13(16(10-12)25-2)17-22(7-8-26-17)18(23)21-15-6-3-11(19)9-14(15)20/h3-6,9-10,17H,7-8H2,1-2H3,(H,21,23). The predicted octanol–water partition coefficient (Wildman–Crippen LogP) is 4.26. The third kappa shape index (κ3) is 3.70. The zero-order valence-corrected chi connectivity index (χ0v) is 15.1. The van der Waals surface area contributed by atoms with Crippen molar-refractivity contribution < 1.29 is 23.0 Å². The number of hydrogen-bond acceptors (Lipinski definition) is 4. The molecule has 1 aliphatic rings. The molecule has 1 unspecified atom stereocenters. The average molecular weight is 380 g/mol. The maximum Gasteiger partial charge on any atom is 0.323 e. The summed E-state index contributed by atoms with van der Waals surface area (Å²) in [5, 5.41) is 2.23. The number of halogens is 2. The quantitative estimate of drug-likeness (QED) is 0.861. The molecule has 3 rings (SSSR count). The molecule has 0 bridgehead atoms. The summed E-state index contributed by atoms with van der Waals surface area (Å²) in [5.41, 5.74) is 0.763. The van der Waals surface area contributed by atoms with Crippen molar-refractivity contribution in [1.82, 2.24) is 4.90 Å². The van der Waals surface area contributed by atoms with Gasteiger partial charge < -0.3 is 19.7 Å². The Morgan fingerprint density at radius 3 is 2.69 bits per heavy atom. The minimum atomic E-state index is -0.816. The molecule has 26 heavy (non-hydrogen) atoms. The molecule has 1 atom stereocenters. The Labute approximate surface area is 154 Å². The van der Waals surface area contributed by atoms with Gasteiger partial charge in [-0.15, -0.1) is 11.8 Å². The first-order valence-corrected chi connectivity index (χ1v) is 8.94. The van der Waals surface area contributed by atoms with Crippen LogP contribution in [-0.2, 0) is 0 Å². The van der Waals surface area contributed by atoms with Gasteiger partial charge >= 0.3 is 6.03 Å². The summed E-state index contributed by atoms with van der Waals surface area (Å²) in [6.45, 7) is 0.499. The van der Waals surface area contributed by atoms with Crippen LogP contribution in [0.4, 0.5) is 19.3 Å². The van der Waals surface area contributed by atoms with Gasteiger partial charge in [0.25, 0.3) is 0 Å². The maximum atomic E-state index is 13.8. The van der Waals surface area contributed by atoms with E-state index < -0.39 is 17.7 Å². The van der Waals surface area contributed by atoms with Crippen molar-refractivity contribution in [2.45, 2.75) is 5.37 Å². The van der Waals surface area contributed by atoms with E-state index in [0.29, 0.717) is 18.0 Å². The molecule has 1 heterocycles. The van der Waals surface area contributed by atoms with Crippen LogP contribution in [0.3, 0.4) is 0 Å². The van der Waals surface area contributed by atoms with Gasteiger partial charge in [-0.25, -0.2) is 13.6 Å². The van der Waals surface area contributed by atoms with Gasteiger partial charge in [-0.2, -0.15) is 0 Å². The molecule has 1 fully saturated rings. The summed E-state index contributed by atoms with van der Waals surface area (Å²) in [6.07, 6.45) is 0. The second-order valence-electron chi connectivity index (χ2n) is 5.58. The van der Waals surface area contributed by atoms with Crippen LogP contribution >= 0.6 is 11.8 Å². The van der Waals surface area contributed by atoms with E-state index in [4.69, 9.17) is 9.47 Å². The van der Waals surface area contributed by atoms with Gasteiger partial charge in [-0.1, -0.05) is 0 Å². The summed E-state index contributed by atoms with van der Waals surface area (Å²) in [6, 6.07) is 7.98. The Morgan fingerprint density at radius 2 is 2.00 bits per heavy atom. The van der Waals surface area contributed by atoms with E-state index in [-0.39, 0.29) is 11.1 Å². The highest BCUT2D eigenvalue weighted by Gasteiger charge is 2.33. The average Bonchev–Trinajstić information content (AvgIpc) is 3.13. The number of carbonyl (C=O) groups is 1. The zero-order chi connectivity index (χ0) is 18.7. The lowest BCUT2D eigenvalue weighted by molar-refractivity contribution is 0.213. The smallest absolute Gasteiger partial charge is 0.323 e. The number of rotatable bonds is 4. The molecule has 0 aromatic heterocycles. The molecule has 1 saturated heterocycles. The number of ether oxygens (including phenoxy) is 2. The minimum Gasteiger partial charge on any atom is -0.497 e. The van der Waals surface area contributed by atoms with Crippen LogP contribution in [0.5, 0.6) is 11.5 Å². The van der Waals surface area contributed by atoms with Crippen LogP contribution < -0.4 is 14.8 Å². The van der Waals surface area contributed by atoms with Crippen LogP contribution in [0, 0.1) is 11.6 Å². The molecule has 1 N–H and O–H groups in total. The number of nitrogens with one attached hydrogen (secondary N) is 1. The molecule has 0 radical (unpaired) electrons. The van der Waals surface area contributed by atoms with Gasteiger partial charge in [-0.3, -0.25) is 0 Å². The lowest BCUT2D eigenvalue weighted by atomic mass is 10.1. The first-order chi connectivity index (χ1) is 12.5. The van der Waals surface area contributed by atoms with Crippen LogP contribution in [0.25, 0.3) is 0 Å².